The molecular weight excluding hydrogens is 342 g/mol. The molecule has 0 spiro atoms. The normalized spacial score (nSPS) is 10.5. The molecule has 0 saturated heterocycles. The molecule has 0 atom stereocenters. The maximum absolute atomic E-state index is 9.35. The molecule has 1 heterocycles. The number of aliphatic hydroxyl groups excluding tert-OH is 1. The lowest BCUT2D eigenvalue weighted by Gasteiger charge is -2.15. The number of anilines is 4. The van der Waals surface area contributed by atoms with Crippen molar-refractivity contribution in [3.63, 3.8) is 0 Å². The molecule has 136 valence electrons. The molecule has 0 fully saturated rings. The summed E-state index contributed by atoms with van der Waals surface area (Å²) in [6.07, 6.45) is 0.136. The molecule has 0 bridgehead atoms. The van der Waals surface area contributed by atoms with Gasteiger partial charge in [0.25, 0.3) is 0 Å². The molecule has 3 rings (SSSR count). The average molecular weight is 361 g/mol. The van der Waals surface area contributed by atoms with Crippen LogP contribution in [-0.4, -0.2) is 20.2 Å². The van der Waals surface area contributed by atoms with Crippen LogP contribution in [0.4, 0.5) is 23.1 Å². The van der Waals surface area contributed by atoms with E-state index < -0.39 is 6.29 Å². The topological polar surface area (TPSA) is 114 Å². The first kappa shape index (κ1) is 18.3. The minimum Gasteiger partial charge on any atom is -0.364 e. The Kier molecular flexibility index (Phi) is 5.31. The van der Waals surface area contributed by atoms with Crippen molar-refractivity contribution in [3.05, 3.63) is 70.9 Å². The van der Waals surface area contributed by atoms with Gasteiger partial charge in [0.2, 0.25) is 5.95 Å². The number of benzene rings is 2. The zero-order valence-corrected chi connectivity index (χ0v) is 14.9. The van der Waals surface area contributed by atoms with Crippen LogP contribution in [0, 0.1) is 25.2 Å². The molecule has 3 aromatic rings. The lowest BCUT2D eigenvalue weighted by atomic mass is 10.0. The van der Waals surface area contributed by atoms with E-state index >= 15 is 0 Å². The maximum atomic E-state index is 9.35. The molecule has 1 aromatic heterocycles. The molecule has 27 heavy (non-hydrogen) atoms. The fourth-order valence-corrected chi connectivity index (χ4v) is 2.72. The Morgan fingerprint density at radius 1 is 1.00 bits per heavy atom. The number of nitrogens with zero attached hydrogens (tertiary/aromatic N) is 3. The quantitative estimate of drug-likeness (QED) is 0.515. The van der Waals surface area contributed by atoms with Gasteiger partial charge in [-0.1, -0.05) is 0 Å². The Hall–Kier alpha value is -3.47. The number of hydrogen-bond donors (Lipinski definition) is 4. The predicted molar refractivity (Wildman–Crippen MR) is 103 cm³/mol. The van der Waals surface area contributed by atoms with E-state index in [4.69, 9.17) is 5.26 Å². The molecule has 0 amide bonds. The van der Waals surface area contributed by atoms with Gasteiger partial charge in [0.15, 0.2) is 6.29 Å². The SMILES string of the molecule is Cc1cc(C(O)O)cc(C)c1Nc1ccnc(Nc2ccc(C#N)cc2)n1. The highest BCUT2D eigenvalue weighted by Gasteiger charge is 2.10. The molecule has 4 N–H and O–H groups in total. The lowest BCUT2D eigenvalue weighted by molar-refractivity contribution is -0.0425. The van der Waals surface area contributed by atoms with E-state index in [1.165, 1.54) is 0 Å². The third-order valence-corrected chi connectivity index (χ3v) is 4.03. The third kappa shape index (κ3) is 4.39. The predicted octanol–water partition coefficient (Wildman–Crippen LogP) is 3.44. The van der Waals surface area contributed by atoms with Crippen molar-refractivity contribution < 1.29 is 10.2 Å². The summed E-state index contributed by atoms with van der Waals surface area (Å²) in [6.45, 7) is 3.77. The van der Waals surface area contributed by atoms with E-state index in [1.54, 1.807) is 48.7 Å². The average Bonchev–Trinajstić information content (AvgIpc) is 2.65. The second kappa shape index (κ2) is 7.83. The number of hydrogen-bond acceptors (Lipinski definition) is 7. The summed E-state index contributed by atoms with van der Waals surface area (Å²) in [5.41, 5.74) is 4.40. The van der Waals surface area contributed by atoms with Crippen LogP contribution < -0.4 is 10.6 Å². The van der Waals surface area contributed by atoms with Crippen molar-refractivity contribution in [2.24, 2.45) is 0 Å². The van der Waals surface area contributed by atoms with E-state index in [-0.39, 0.29) is 0 Å². The second-order valence-electron chi connectivity index (χ2n) is 6.11. The Morgan fingerprint density at radius 3 is 2.26 bits per heavy atom. The van der Waals surface area contributed by atoms with Crippen molar-refractivity contribution in [2.45, 2.75) is 20.1 Å². The fraction of sp³-hybridized carbons (Fsp3) is 0.150. The van der Waals surface area contributed by atoms with Crippen LogP contribution in [0.5, 0.6) is 0 Å². The standard InChI is InChI=1S/C20H19N5O2/c1-12-9-15(19(26)27)10-13(2)18(12)24-17-7-8-22-20(25-17)23-16-5-3-14(11-21)4-6-16/h3-10,19,26-27H,1-2H3,(H2,22,23,24,25). The summed E-state index contributed by atoms with van der Waals surface area (Å²) in [5, 5.41) is 33.9. The van der Waals surface area contributed by atoms with Crippen LogP contribution in [0.2, 0.25) is 0 Å². The summed E-state index contributed by atoms with van der Waals surface area (Å²) in [6, 6.07) is 14.3. The summed E-state index contributed by atoms with van der Waals surface area (Å²) in [5.74, 6) is 1.02. The van der Waals surface area contributed by atoms with Gasteiger partial charge in [-0.2, -0.15) is 10.2 Å². The van der Waals surface area contributed by atoms with E-state index in [2.05, 4.69) is 26.7 Å². The highest BCUT2D eigenvalue weighted by Crippen LogP contribution is 2.27. The van der Waals surface area contributed by atoms with E-state index in [9.17, 15) is 10.2 Å². The van der Waals surface area contributed by atoms with Gasteiger partial charge >= 0.3 is 0 Å². The van der Waals surface area contributed by atoms with Crippen LogP contribution in [0.15, 0.2) is 48.7 Å². The molecule has 0 aliphatic heterocycles. The molecule has 0 radical (unpaired) electrons. The summed E-state index contributed by atoms with van der Waals surface area (Å²) in [4.78, 5) is 8.66. The van der Waals surface area contributed by atoms with Crippen molar-refractivity contribution in [2.75, 3.05) is 10.6 Å². The number of aromatic nitrogens is 2. The van der Waals surface area contributed by atoms with Gasteiger partial charge in [0, 0.05) is 23.1 Å². The van der Waals surface area contributed by atoms with Gasteiger partial charge < -0.3 is 20.8 Å². The number of nitriles is 1. The maximum Gasteiger partial charge on any atom is 0.229 e. The lowest BCUT2D eigenvalue weighted by Crippen LogP contribution is -2.04. The summed E-state index contributed by atoms with van der Waals surface area (Å²) < 4.78 is 0. The van der Waals surface area contributed by atoms with Crippen molar-refractivity contribution in [1.29, 1.82) is 5.26 Å². The van der Waals surface area contributed by atoms with Crippen molar-refractivity contribution >= 4 is 23.1 Å². The first-order valence-corrected chi connectivity index (χ1v) is 8.31. The smallest absolute Gasteiger partial charge is 0.229 e. The van der Waals surface area contributed by atoms with E-state index in [0.29, 0.717) is 22.9 Å². The third-order valence-electron chi connectivity index (χ3n) is 4.03. The van der Waals surface area contributed by atoms with Gasteiger partial charge in [-0.25, -0.2) is 4.98 Å². The van der Waals surface area contributed by atoms with E-state index in [1.807, 2.05) is 13.8 Å². The zero-order valence-electron chi connectivity index (χ0n) is 14.9. The Morgan fingerprint density at radius 2 is 1.67 bits per heavy atom. The fourth-order valence-electron chi connectivity index (χ4n) is 2.72. The summed E-state index contributed by atoms with van der Waals surface area (Å²) >= 11 is 0. The van der Waals surface area contributed by atoms with Gasteiger partial charge in [0.05, 0.1) is 11.6 Å². The van der Waals surface area contributed by atoms with Gasteiger partial charge in [-0.15, -0.1) is 0 Å². The molecule has 0 aliphatic rings. The van der Waals surface area contributed by atoms with Crippen LogP contribution in [0.1, 0.15) is 28.5 Å². The Labute approximate surface area is 157 Å². The molecule has 7 nitrogen and oxygen atoms in total. The molecular formula is C20H19N5O2. The highest BCUT2D eigenvalue weighted by atomic mass is 16.5. The molecule has 2 aromatic carbocycles. The first-order valence-electron chi connectivity index (χ1n) is 8.31. The minimum atomic E-state index is -1.50. The van der Waals surface area contributed by atoms with Crippen LogP contribution >= 0.6 is 0 Å². The van der Waals surface area contributed by atoms with Gasteiger partial charge in [-0.05, 0) is 67.4 Å². The minimum absolute atomic E-state index is 0.419. The Balaban J connectivity index is 1.81. The van der Waals surface area contributed by atoms with Gasteiger partial charge in [-0.3, -0.25) is 0 Å². The highest BCUT2D eigenvalue weighted by molar-refractivity contribution is 5.66. The molecule has 7 heteroatoms. The van der Waals surface area contributed by atoms with Crippen LogP contribution in [0.3, 0.4) is 0 Å². The molecule has 0 aliphatic carbocycles. The largest absolute Gasteiger partial charge is 0.364 e. The van der Waals surface area contributed by atoms with Crippen molar-refractivity contribution in [1.82, 2.24) is 9.97 Å². The summed E-state index contributed by atoms with van der Waals surface area (Å²) in [7, 11) is 0. The number of rotatable bonds is 5. The Bertz CT molecular complexity index is 971. The molecule has 0 saturated carbocycles. The zero-order chi connectivity index (χ0) is 19.4. The van der Waals surface area contributed by atoms with Crippen LogP contribution in [-0.2, 0) is 0 Å². The monoisotopic (exact) mass is 361 g/mol. The van der Waals surface area contributed by atoms with Crippen LogP contribution in [0.25, 0.3) is 0 Å². The second-order valence-corrected chi connectivity index (χ2v) is 6.11. The number of nitrogens with one attached hydrogen (secondary N) is 2. The van der Waals surface area contributed by atoms with Gasteiger partial charge in [0.1, 0.15) is 5.82 Å². The van der Waals surface area contributed by atoms with Crippen molar-refractivity contribution in [3.8, 4) is 6.07 Å². The molecule has 0 unspecified atom stereocenters. The first-order chi connectivity index (χ1) is 13.0. The van der Waals surface area contributed by atoms with E-state index in [0.717, 1.165) is 22.5 Å². The number of aliphatic hydroxyl groups is 2. The number of aryl methyl sites for hydroxylation is 2.